The van der Waals surface area contributed by atoms with E-state index in [0.717, 1.165) is 11.3 Å². The monoisotopic (exact) mass is 425 g/mol. The number of ether oxygens (including phenoxy) is 1. The van der Waals surface area contributed by atoms with Gasteiger partial charge < -0.3 is 14.2 Å². The molecule has 1 aliphatic heterocycles. The number of methoxy groups -OCH3 is 1. The zero-order valence-electron chi connectivity index (χ0n) is 17.5. The van der Waals surface area contributed by atoms with Crippen LogP contribution in [0.2, 0.25) is 5.02 Å². The van der Waals surface area contributed by atoms with Crippen LogP contribution >= 0.6 is 11.6 Å². The summed E-state index contributed by atoms with van der Waals surface area (Å²) in [6.07, 6.45) is 0.314. The zero-order chi connectivity index (χ0) is 21.5. The molecule has 0 radical (unpaired) electrons. The lowest BCUT2D eigenvalue weighted by Crippen LogP contribution is -2.24. The lowest BCUT2D eigenvalue weighted by atomic mass is 9.87. The minimum atomic E-state index is -0.159. The molecular formula is C23H24ClN3O3. The van der Waals surface area contributed by atoms with Crippen LogP contribution in [0.4, 0.5) is 5.69 Å². The maximum absolute atomic E-state index is 12.6. The lowest BCUT2D eigenvalue weighted by Gasteiger charge is -2.18. The van der Waals surface area contributed by atoms with Gasteiger partial charge in [0.1, 0.15) is 5.75 Å². The molecule has 1 aromatic heterocycles. The fraction of sp³-hybridized carbons (Fsp3) is 0.348. The Bertz CT molecular complexity index is 1070. The number of benzene rings is 2. The second-order valence-electron chi connectivity index (χ2n) is 8.51. The van der Waals surface area contributed by atoms with Gasteiger partial charge in [-0.05, 0) is 29.2 Å². The first-order valence-electron chi connectivity index (χ1n) is 9.84. The van der Waals surface area contributed by atoms with Crippen LogP contribution in [0.5, 0.6) is 5.75 Å². The molecule has 3 aromatic rings. The van der Waals surface area contributed by atoms with E-state index in [0.29, 0.717) is 35.5 Å². The number of halogens is 1. The van der Waals surface area contributed by atoms with E-state index in [2.05, 4.69) is 43.0 Å². The summed E-state index contributed by atoms with van der Waals surface area (Å²) in [4.78, 5) is 18.8. The Kier molecular flexibility index (Phi) is 5.28. The molecule has 0 N–H and O–H groups in total. The molecule has 0 bridgehead atoms. The molecule has 1 amide bonds. The van der Waals surface area contributed by atoms with Crippen molar-refractivity contribution < 1.29 is 14.1 Å². The van der Waals surface area contributed by atoms with E-state index in [1.54, 1.807) is 24.1 Å². The number of rotatable bonds is 4. The van der Waals surface area contributed by atoms with Gasteiger partial charge in [-0.1, -0.05) is 61.8 Å². The highest BCUT2D eigenvalue weighted by Crippen LogP contribution is 2.35. The Balaban J connectivity index is 1.52. The normalized spacial score (nSPS) is 16.9. The summed E-state index contributed by atoms with van der Waals surface area (Å²) in [5.41, 5.74) is 2.94. The number of amides is 1. The van der Waals surface area contributed by atoms with Gasteiger partial charge in [0.2, 0.25) is 17.6 Å². The van der Waals surface area contributed by atoms with Crippen LogP contribution < -0.4 is 9.64 Å². The van der Waals surface area contributed by atoms with Gasteiger partial charge in [0.05, 0.1) is 18.1 Å². The SMILES string of the molecule is COc1ccc(N2CC(c3nc(-c4ccc(C(C)(C)C)cc4)no3)CC2=O)cc1Cl. The molecule has 1 unspecified atom stereocenters. The minimum absolute atomic E-state index is 0.00415. The molecule has 0 saturated carbocycles. The van der Waals surface area contributed by atoms with Crippen LogP contribution in [-0.2, 0) is 10.2 Å². The Labute approximate surface area is 180 Å². The first kappa shape index (κ1) is 20.4. The average molecular weight is 426 g/mol. The number of aromatic nitrogens is 2. The van der Waals surface area contributed by atoms with E-state index in [1.807, 2.05) is 18.2 Å². The largest absolute Gasteiger partial charge is 0.495 e. The highest BCUT2D eigenvalue weighted by Gasteiger charge is 2.35. The quantitative estimate of drug-likeness (QED) is 0.573. The third-order valence-electron chi connectivity index (χ3n) is 5.37. The Morgan fingerprint density at radius 3 is 2.53 bits per heavy atom. The number of carbonyl (C=O) groups excluding carboxylic acids is 1. The van der Waals surface area contributed by atoms with Crippen LogP contribution in [0.1, 0.15) is 44.6 Å². The van der Waals surface area contributed by atoms with Crippen molar-refractivity contribution in [1.82, 2.24) is 10.1 Å². The van der Waals surface area contributed by atoms with Crippen LogP contribution in [0.15, 0.2) is 47.0 Å². The van der Waals surface area contributed by atoms with Crippen molar-refractivity contribution in [3.05, 3.63) is 58.9 Å². The van der Waals surface area contributed by atoms with Gasteiger partial charge in [0, 0.05) is 24.2 Å². The standard InChI is InChI=1S/C23H24ClN3O3/c1-23(2,3)16-7-5-14(6-8-16)21-25-22(30-26-21)15-11-20(28)27(13-15)17-9-10-19(29-4)18(24)12-17/h5-10,12,15H,11,13H2,1-4H3. The zero-order valence-corrected chi connectivity index (χ0v) is 18.2. The molecule has 2 heterocycles. The van der Waals surface area contributed by atoms with Gasteiger partial charge in [-0.3, -0.25) is 4.79 Å². The van der Waals surface area contributed by atoms with E-state index in [1.165, 1.54) is 5.56 Å². The molecule has 0 aliphatic carbocycles. The molecular weight excluding hydrogens is 402 g/mol. The molecule has 30 heavy (non-hydrogen) atoms. The summed E-state index contributed by atoms with van der Waals surface area (Å²) < 4.78 is 10.7. The summed E-state index contributed by atoms with van der Waals surface area (Å²) in [6.45, 7) is 6.99. The van der Waals surface area contributed by atoms with E-state index in [-0.39, 0.29) is 17.2 Å². The highest BCUT2D eigenvalue weighted by molar-refractivity contribution is 6.32. The van der Waals surface area contributed by atoms with Gasteiger partial charge in [0.15, 0.2) is 0 Å². The van der Waals surface area contributed by atoms with Crippen molar-refractivity contribution in [3.8, 4) is 17.1 Å². The van der Waals surface area contributed by atoms with E-state index in [4.69, 9.17) is 20.9 Å². The lowest BCUT2D eigenvalue weighted by molar-refractivity contribution is -0.117. The summed E-state index contributed by atoms with van der Waals surface area (Å²) in [6, 6.07) is 13.5. The molecule has 2 aromatic carbocycles. The summed E-state index contributed by atoms with van der Waals surface area (Å²) in [5.74, 6) is 1.41. The number of anilines is 1. The van der Waals surface area contributed by atoms with Gasteiger partial charge >= 0.3 is 0 Å². The number of nitrogens with zero attached hydrogens (tertiary/aromatic N) is 3. The average Bonchev–Trinajstić information content (AvgIpc) is 3.34. The smallest absolute Gasteiger partial charge is 0.232 e. The predicted molar refractivity (Wildman–Crippen MR) is 116 cm³/mol. The van der Waals surface area contributed by atoms with Gasteiger partial charge in [0.25, 0.3) is 0 Å². The Hall–Kier alpha value is -2.86. The van der Waals surface area contributed by atoms with Crippen LogP contribution in [-0.4, -0.2) is 29.7 Å². The molecule has 7 heteroatoms. The Morgan fingerprint density at radius 1 is 1.17 bits per heavy atom. The predicted octanol–water partition coefficient (Wildman–Crippen LogP) is 5.22. The van der Waals surface area contributed by atoms with Crippen molar-refractivity contribution in [2.24, 2.45) is 0 Å². The molecule has 6 nitrogen and oxygen atoms in total. The Morgan fingerprint density at radius 2 is 1.90 bits per heavy atom. The first-order valence-corrected chi connectivity index (χ1v) is 10.2. The van der Waals surface area contributed by atoms with Gasteiger partial charge in [-0.2, -0.15) is 4.98 Å². The maximum Gasteiger partial charge on any atom is 0.232 e. The molecule has 1 aliphatic rings. The summed E-state index contributed by atoms with van der Waals surface area (Å²) in [7, 11) is 1.56. The number of carbonyl (C=O) groups is 1. The van der Waals surface area contributed by atoms with Crippen molar-refractivity contribution in [3.63, 3.8) is 0 Å². The topological polar surface area (TPSA) is 68.5 Å². The van der Waals surface area contributed by atoms with Gasteiger partial charge in [-0.15, -0.1) is 0 Å². The second-order valence-corrected chi connectivity index (χ2v) is 8.92. The number of hydrogen-bond acceptors (Lipinski definition) is 5. The third kappa shape index (κ3) is 3.92. The van der Waals surface area contributed by atoms with E-state index in [9.17, 15) is 4.79 Å². The summed E-state index contributed by atoms with van der Waals surface area (Å²) >= 11 is 6.22. The van der Waals surface area contributed by atoms with Crippen LogP contribution in [0, 0.1) is 0 Å². The van der Waals surface area contributed by atoms with Crippen molar-refractivity contribution in [2.45, 2.75) is 38.5 Å². The van der Waals surface area contributed by atoms with E-state index >= 15 is 0 Å². The minimum Gasteiger partial charge on any atom is -0.495 e. The van der Waals surface area contributed by atoms with Crippen molar-refractivity contribution >= 4 is 23.2 Å². The highest BCUT2D eigenvalue weighted by atomic mass is 35.5. The second kappa shape index (κ2) is 7.76. The molecule has 1 saturated heterocycles. The van der Waals surface area contributed by atoms with Crippen LogP contribution in [0.3, 0.4) is 0 Å². The fourth-order valence-corrected chi connectivity index (χ4v) is 3.84. The molecule has 1 atom stereocenters. The molecule has 1 fully saturated rings. The summed E-state index contributed by atoms with van der Waals surface area (Å²) in [5, 5.41) is 4.59. The van der Waals surface area contributed by atoms with Gasteiger partial charge in [-0.25, -0.2) is 0 Å². The van der Waals surface area contributed by atoms with E-state index < -0.39 is 0 Å². The van der Waals surface area contributed by atoms with Crippen molar-refractivity contribution in [1.29, 1.82) is 0 Å². The van der Waals surface area contributed by atoms with Crippen molar-refractivity contribution in [2.75, 3.05) is 18.6 Å². The third-order valence-corrected chi connectivity index (χ3v) is 5.67. The fourth-order valence-electron chi connectivity index (χ4n) is 3.58. The molecule has 0 spiro atoms. The maximum atomic E-state index is 12.6. The molecule has 4 rings (SSSR count). The molecule has 156 valence electrons. The number of hydrogen-bond donors (Lipinski definition) is 0. The van der Waals surface area contributed by atoms with Crippen LogP contribution in [0.25, 0.3) is 11.4 Å². The first-order chi connectivity index (χ1) is 14.3.